The van der Waals surface area contributed by atoms with Crippen LogP contribution < -0.4 is 5.46 Å². The Morgan fingerprint density at radius 1 is 0.636 bits per heavy atom. The Hall–Kier alpha value is -2.54. The lowest BCUT2D eigenvalue weighted by Crippen LogP contribution is -2.33. The summed E-state index contributed by atoms with van der Waals surface area (Å²) in [6.07, 6.45) is 1.08. The Morgan fingerprint density at radius 2 is 1.27 bits per heavy atom. The number of rotatable bonds is 2. The fraction of sp³-hybridized carbons (Fsp3) is 0.0476. The Bertz CT molecular complexity index is 804. The predicted octanol–water partition coefficient (Wildman–Crippen LogP) is 4.15. The van der Waals surface area contributed by atoms with Gasteiger partial charge in [0.15, 0.2) is 0 Å². The lowest BCUT2D eigenvalue weighted by atomic mass is 9.39. The molecule has 0 amide bonds. The third-order valence-electron chi connectivity index (χ3n) is 4.43. The Balaban J connectivity index is 1.86. The summed E-state index contributed by atoms with van der Waals surface area (Å²) >= 11 is 0. The van der Waals surface area contributed by atoms with Gasteiger partial charge in [0.05, 0.1) is 0 Å². The van der Waals surface area contributed by atoms with E-state index in [0.29, 0.717) is 6.71 Å². The van der Waals surface area contributed by atoms with Gasteiger partial charge in [0.25, 0.3) is 0 Å². The second-order valence-corrected chi connectivity index (χ2v) is 5.82. The van der Waals surface area contributed by atoms with Gasteiger partial charge < -0.3 is 0 Å². The maximum absolute atomic E-state index is 2.44. The first-order valence-electron chi connectivity index (χ1n) is 7.82. The van der Waals surface area contributed by atoms with E-state index in [9.17, 15) is 0 Å². The van der Waals surface area contributed by atoms with Crippen LogP contribution in [-0.2, 0) is 6.32 Å². The molecule has 0 N–H and O–H groups in total. The monoisotopic (exact) mass is 280 g/mol. The van der Waals surface area contributed by atoms with Crippen LogP contribution in [0.15, 0.2) is 90.9 Å². The minimum atomic E-state index is 0.450. The van der Waals surface area contributed by atoms with Gasteiger partial charge in [0.2, 0.25) is 6.71 Å². The maximum Gasteiger partial charge on any atom is 0.205 e. The molecule has 0 radical (unpaired) electrons. The van der Waals surface area contributed by atoms with E-state index in [1.54, 1.807) is 0 Å². The largest absolute Gasteiger partial charge is 0.205 e. The van der Waals surface area contributed by atoms with Crippen LogP contribution in [0.1, 0.15) is 16.7 Å². The van der Waals surface area contributed by atoms with Crippen LogP contribution in [0.5, 0.6) is 0 Å². The van der Waals surface area contributed by atoms with Crippen molar-refractivity contribution in [1.29, 1.82) is 0 Å². The first-order valence-corrected chi connectivity index (χ1v) is 7.82. The molecular weight excluding hydrogens is 263 g/mol. The smallest absolute Gasteiger partial charge is 0.101 e. The fourth-order valence-corrected chi connectivity index (χ4v) is 3.33. The normalized spacial score (nSPS) is 13.5. The molecule has 22 heavy (non-hydrogen) atoms. The molecule has 104 valence electrons. The molecule has 1 heterocycles. The SMILES string of the molecule is C1=C(c2ccccc2)c2ccccc2CB1c1ccccc1. The van der Waals surface area contributed by atoms with Crippen LogP contribution >= 0.6 is 0 Å². The van der Waals surface area contributed by atoms with Crippen LogP contribution in [0.3, 0.4) is 0 Å². The Morgan fingerprint density at radius 3 is 2.05 bits per heavy atom. The van der Waals surface area contributed by atoms with E-state index in [-0.39, 0.29) is 0 Å². The average Bonchev–Trinajstić information content (AvgIpc) is 2.62. The third kappa shape index (κ3) is 2.39. The zero-order valence-corrected chi connectivity index (χ0v) is 12.4. The lowest BCUT2D eigenvalue weighted by molar-refractivity contribution is 1.32. The lowest BCUT2D eigenvalue weighted by Gasteiger charge is -2.23. The topological polar surface area (TPSA) is 0 Å². The third-order valence-corrected chi connectivity index (χ3v) is 4.43. The molecule has 0 spiro atoms. The number of hydrogen-bond acceptors (Lipinski definition) is 0. The molecule has 4 rings (SSSR count). The zero-order valence-electron chi connectivity index (χ0n) is 12.4. The highest BCUT2D eigenvalue weighted by Gasteiger charge is 2.23. The summed E-state index contributed by atoms with van der Waals surface area (Å²) < 4.78 is 0. The molecule has 0 nitrogen and oxygen atoms in total. The highest BCUT2D eigenvalue weighted by molar-refractivity contribution is 6.78. The van der Waals surface area contributed by atoms with Gasteiger partial charge in [-0.05, 0) is 28.6 Å². The number of hydrogen-bond donors (Lipinski definition) is 0. The quantitative estimate of drug-likeness (QED) is 0.618. The van der Waals surface area contributed by atoms with Gasteiger partial charge in [-0.15, -0.1) is 5.98 Å². The van der Waals surface area contributed by atoms with Gasteiger partial charge in [-0.2, -0.15) is 0 Å². The van der Waals surface area contributed by atoms with Gasteiger partial charge in [-0.3, -0.25) is 0 Å². The summed E-state index contributed by atoms with van der Waals surface area (Å²) in [5.41, 5.74) is 6.87. The molecule has 3 aromatic carbocycles. The Kier molecular flexibility index (Phi) is 3.40. The van der Waals surface area contributed by atoms with Crippen molar-refractivity contribution in [3.05, 3.63) is 108 Å². The van der Waals surface area contributed by atoms with E-state index in [2.05, 4.69) is 90.9 Å². The summed E-state index contributed by atoms with van der Waals surface area (Å²) in [5.74, 6) is 2.44. The van der Waals surface area contributed by atoms with E-state index in [0.717, 1.165) is 6.32 Å². The standard InChI is InChI=1S/C21H17B/c1-3-9-17(10-4-1)21-16-22(19-12-5-2-6-13-19)15-18-11-7-8-14-20(18)21/h1-14,16H,15H2. The van der Waals surface area contributed by atoms with E-state index in [1.807, 2.05) is 0 Å². The van der Waals surface area contributed by atoms with Crippen molar-refractivity contribution in [2.75, 3.05) is 0 Å². The summed E-state index contributed by atoms with van der Waals surface area (Å²) in [6, 6.07) is 30.3. The highest BCUT2D eigenvalue weighted by atomic mass is 14.1. The maximum atomic E-state index is 2.44. The second-order valence-electron chi connectivity index (χ2n) is 5.82. The molecule has 0 atom stereocenters. The molecule has 0 saturated heterocycles. The molecule has 1 aliphatic rings. The first kappa shape index (κ1) is 13.2. The van der Waals surface area contributed by atoms with E-state index < -0.39 is 0 Å². The molecule has 0 saturated carbocycles. The minimum Gasteiger partial charge on any atom is -0.101 e. The summed E-state index contributed by atoms with van der Waals surface area (Å²) in [7, 11) is 0. The van der Waals surface area contributed by atoms with Crippen LogP contribution in [0.25, 0.3) is 5.57 Å². The van der Waals surface area contributed by atoms with Crippen molar-refractivity contribution in [1.82, 2.24) is 0 Å². The number of fused-ring (bicyclic) bond motifs is 1. The van der Waals surface area contributed by atoms with Crippen molar-refractivity contribution in [3.8, 4) is 0 Å². The molecule has 0 aliphatic carbocycles. The molecular formula is C21H17B. The summed E-state index contributed by atoms with van der Waals surface area (Å²) in [5, 5.41) is 0. The van der Waals surface area contributed by atoms with Crippen LogP contribution in [0, 0.1) is 0 Å². The van der Waals surface area contributed by atoms with E-state index in [1.165, 1.54) is 27.7 Å². The van der Waals surface area contributed by atoms with Gasteiger partial charge >= 0.3 is 0 Å². The van der Waals surface area contributed by atoms with Gasteiger partial charge in [0.1, 0.15) is 0 Å². The fourth-order valence-electron chi connectivity index (χ4n) is 3.33. The molecule has 0 aromatic heterocycles. The van der Waals surface area contributed by atoms with Gasteiger partial charge in [-0.25, -0.2) is 0 Å². The van der Waals surface area contributed by atoms with Gasteiger partial charge in [0, 0.05) is 0 Å². The highest BCUT2D eigenvalue weighted by Crippen LogP contribution is 2.31. The summed E-state index contributed by atoms with van der Waals surface area (Å²) in [4.78, 5) is 0. The number of benzene rings is 3. The van der Waals surface area contributed by atoms with Crippen molar-refractivity contribution in [2.45, 2.75) is 6.32 Å². The minimum absolute atomic E-state index is 0.450. The molecule has 0 fully saturated rings. The average molecular weight is 280 g/mol. The van der Waals surface area contributed by atoms with Crippen LogP contribution in [-0.4, -0.2) is 6.71 Å². The molecule has 0 unspecified atom stereocenters. The molecule has 1 aliphatic heterocycles. The van der Waals surface area contributed by atoms with Crippen LogP contribution in [0.4, 0.5) is 0 Å². The van der Waals surface area contributed by atoms with E-state index in [4.69, 9.17) is 0 Å². The van der Waals surface area contributed by atoms with Gasteiger partial charge in [-0.1, -0.05) is 90.4 Å². The predicted molar refractivity (Wildman–Crippen MR) is 95.5 cm³/mol. The molecule has 1 heteroatoms. The van der Waals surface area contributed by atoms with E-state index >= 15 is 0 Å². The van der Waals surface area contributed by atoms with Crippen molar-refractivity contribution < 1.29 is 0 Å². The molecule has 0 bridgehead atoms. The molecule has 3 aromatic rings. The summed E-state index contributed by atoms with van der Waals surface area (Å²) in [6.45, 7) is 0.450. The van der Waals surface area contributed by atoms with Crippen molar-refractivity contribution >= 4 is 17.7 Å². The van der Waals surface area contributed by atoms with Crippen molar-refractivity contribution in [2.24, 2.45) is 0 Å². The first-order chi connectivity index (χ1) is 10.9. The second kappa shape index (κ2) is 5.69. The van der Waals surface area contributed by atoms with Crippen molar-refractivity contribution in [3.63, 3.8) is 0 Å². The Labute approximate surface area is 132 Å². The van der Waals surface area contributed by atoms with Crippen LogP contribution in [0.2, 0.25) is 0 Å². The zero-order chi connectivity index (χ0) is 14.8.